The Balaban J connectivity index is 0.000001000. The summed E-state index contributed by atoms with van der Waals surface area (Å²) in [6.45, 7) is 3.01. The summed E-state index contributed by atoms with van der Waals surface area (Å²) in [7, 11) is 0. The Labute approximate surface area is 95.9 Å². The van der Waals surface area contributed by atoms with Crippen LogP contribution in [0, 0.1) is 37.7 Å². The molecule has 4 nitrogen and oxygen atoms in total. The fraction of sp³-hybridized carbons (Fsp3) is 0.833. The van der Waals surface area contributed by atoms with Crippen molar-refractivity contribution in [1.82, 2.24) is 10.2 Å². The molecule has 0 radical (unpaired) electrons. The fourth-order valence-corrected chi connectivity index (χ4v) is 1.04. The van der Waals surface area contributed by atoms with E-state index in [1.54, 1.807) is 0 Å². The number of carbonyl (C=O) groups is 1. The van der Waals surface area contributed by atoms with E-state index < -0.39 is 6.09 Å². The first-order valence-corrected chi connectivity index (χ1v) is 3.49. The molecule has 0 unspecified atom stereocenters. The molecule has 11 heavy (non-hydrogen) atoms. The molecule has 1 rings (SSSR count). The molecule has 5 heteroatoms. The maximum absolute atomic E-state index is 10.4. The summed E-state index contributed by atoms with van der Waals surface area (Å²) in [5, 5.41) is 11.7. The first-order valence-electron chi connectivity index (χ1n) is 3.49. The van der Waals surface area contributed by atoms with E-state index in [1.165, 1.54) is 4.90 Å². The number of hydrogen-bond acceptors (Lipinski definition) is 2. The van der Waals surface area contributed by atoms with E-state index in [0.717, 1.165) is 19.5 Å². The van der Waals surface area contributed by atoms with Gasteiger partial charge in [-0.15, -0.1) is 0 Å². The molecule has 0 aromatic carbocycles. The van der Waals surface area contributed by atoms with Crippen LogP contribution < -0.4 is 5.32 Å². The van der Waals surface area contributed by atoms with Gasteiger partial charge in [-0.2, -0.15) is 0 Å². The maximum Gasteiger partial charge on any atom is 0.407 e. The van der Waals surface area contributed by atoms with Gasteiger partial charge in [0.2, 0.25) is 0 Å². The summed E-state index contributed by atoms with van der Waals surface area (Å²) in [5.74, 6) is 0. The number of hydrogen-bond donors (Lipinski definition) is 2. The first-order chi connectivity index (χ1) is 4.80. The van der Waals surface area contributed by atoms with Crippen LogP contribution in [0.25, 0.3) is 0 Å². The third-order valence-electron chi connectivity index (χ3n) is 1.61. The van der Waals surface area contributed by atoms with Gasteiger partial charge in [-0.1, -0.05) is 0 Å². The summed E-state index contributed by atoms with van der Waals surface area (Å²) in [4.78, 5) is 11.8. The van der Waals surface area contributed by atoms with Crippen molar-refractivity contribution in [2.45, 2.75) is 6.42 Å². The number of amides is 1. The monoisotopic (exact) mass is 184 g/mol. The van der Waals surface area contributed by atoms with Crippen LogP contribution in [-0.2, 0) is 0 Å². The minimum Gasteiger partial charge on any atom is -0.465 e. The molecule has 0 spiro atoms. The van der Waals surface area contributed by atoms with E-state index >= 15 is 0 Å². The molecular weight excluding hydrogens is 172 g/mol. The van der Waals surface area contributed by atoms with Crippen LogP contribution in [0.4, 0.5) is 4.79 Å². The summed E-state index contributed by atoms with van der Waals surface area (Å²) >= 11 is 0. The van der Waals surface area contributed by atoms with Crippen molar-refractivity contribution >= 4 is 6.09 Å². The maximum atomic E-state index is 10.4. The predicted molar refractivity (Wildman–Crippen MR) is 37.1 cm³/mol. The van der Waals surface area contributed by atoms with Crippen LogP contribution >= 0.6 is 0 Å². The minimum atomic E-state index is -0.802. The van der Waals surface area contributed by atoms with Crippen LogP contribution in [0.15, 0.2) is 0 Å². The summed E-state index contributed by atoms with van der Waals surface area (Å²) in [5.41, 5.74) is 0. The molecule has 0 saturated carbocycles. The molecule has 0 atom stereocenters. The van der Waals surface area contributed by atoms with Crippen molar-refractivity contribution < 1.29 is 47.6 Å². The van der Waals surface area contributed by atoms with Crippen molar-refractivity contribution in [2.75, 3.05) is 26.2 Å². The topological polar surface area (TPSA) is 52.6 Å². The van der Waals surface area contributed by atoms with Gasteiger partial charge in [-0.3, -0.25) is 0 Å². The molecule has 1 aliphatic heterocycles. The molecule has 1 aliphatic rings. The van der Waals surface area contributed by atoms with E-state index in [1.807, 2.05) is 0 Å². The molecule has 0 bridgehead atoms. The van der Waals surface area contributed by atoms with Gasteiger partial charge in [-0.05, 0) is 13.0 Å². The van der Waals surface area contributed by atoms with Crippen molar-refractivity contribution in [3.8, 4) is 0 Å². The van der Waals surface area contributed by atoms with Crippen LogP contribution in [-0.4, -0.2) is 42.3 Å². The van der Waals surface area contributed by atoms with Gasteiger partial charge in [-0.25, -0.2) is 4.79 Å². The van der Waals surface area contributed by atoms with Crippen LogP contribution in [0.1, 0.15) is 6.42 Å². The summed E-state index contributed by atoms with van der Waals surface area (Å²) < 4.78 is 0. The van der Waals surface area contributed by atoms with E-state index in [-0.39, 0.29) is 37.7 Å². The van der Waals surface area contributed by atoms with Crippen LogP contribution in [0.5, 0.6) is 0 Å². The molecule has 1 saturated heterocycles. The first kappa shape index (κ1) is 11.5. The SMILES string of the molecule is O=C(O)N1CCCNCC1.[Ar]. The predicted octanol–water partition coefficient (Wildman–Crippen LogP) is -0.0403. The Kier molecular flexibility index (Phi) is 6.33. The zero-order valence-electron chi connectivity index (χ0n) is 6.19. The van der Waals surface area contributed by atoms with Crippen molar-refractivity contribution in [2.24, 2.45) is 0 Å². The molecule has 0 aromatic rings. The minimum absolute atomic E-state index is 0. The molecule has 66 valence electrons. The Morgan fingerprint density at radius 1 is 1.36 bits per heavy atom. The van der Waals surface area contributed by atoms with Gasteiger partial charge < -0.3 is 15.3 Å². The Morgan fingerprint density at radius 3 is 2.73 bits per heavy atom. The van der Waals surface area contributed by atoms with Gasteiger partial charge in [0.05, 0.1) is 0 Å². The number of nitrogens with zero attached hydrogens (tertiary/aromatic N) is 1. The number of nitrogens with one attached hydrogen (secondary N) is 1. The van der Waals surface area contributed by atoms with Gasteiger partial charge in [0.1, 0.15) is 0 Å². The zero-order valence-corrected chi connectivity index (χ0v) is 6.90. The Morgan fingerprint density at radius 2 is 2.09 bits per heavy atom. The Bertz CT molecular complexity index is 124. The van der Waals surface area contributed by atoms with Gasteiger partial charge in [0, 0.05) is 57.4 Å². The molecule has 0 aliphatic carbocycles. The zero-order chi connectivity index (χ0) is 7.40. The fourth-order valence-electron chi connectivity index (χ4n) is 1.04. The van der Waals surface area contributed by atoms with E-state index in [4.69, 9.17) is 5.11 Å². The second-order valence-electron chi connectivity index (χ2n) is 2.37. The second kappa shape index (κ2) is 6.06. The molecule has 0 aromatic heterocycles. The van der Waals surface area contributed by atoms with Crippen molar-refractivity contribution in [1.29, 1.82) is 0 Å². The summed E-state index contributed by atoms with van der Waals surface area (Å²) in [6.07, 6.45) is 0.121. The van der Waals surface area contributed by atoms with Gasteiger partial charge in [0.15, 0.2) is 0 Å². The molecule has 1 amide bonds. The van der Waals surface area contributed by atoms with Crippen molar-refractivity contribution in [3.63, 3.8) is 0 Å². The largest absolute Gasteiger partial charge is 0.465 e. The second-order valence-corrected chi connectivity index (χ2v) is 2.37. The molecule has 1 heterocycles. The van der Waals surface area contributed by atoms with Gasteiger partial charge in [0.25, 0.3) is 0 Å². The third kappa shape index (κ3) is 4.15. The van der Waals surface area contributed by atoms with Crippen LogP contribution in [0.3, 0.4) is 0 Å². The van der Waals surface area contributed by atoms with E-state index in [2.05, 4.69) is 5.32 Å². The number of carboxylic acid groups (broad SMARTS) is 1. The van der Waals surface area contributed by atoms with Crippen LogP contribution in [0.2, 0.25) is 0 Å². The molecule has 2 N–H and O–H groups in total. The van der Waals surface area contributed by atoms with E-state index in [9.17, 15) is 4.79 Å². The van der Waals surface area contributed by atoms with E-state index in [0.29, 0.717) is 13.1 Å². The third-order valence-corrected chi connectivity index (χ3v) is 1.61. The smallest absolute Gasteiger partial charge is 0.407 e. The Hall–Kier alpha value is 0.490. The average molecular weight is 184 g/mol. The number of rotatable bonds is 0. The normalized spacial score (nSPS) is 18.4. The summed E-state index contributed by atoms with van der Waals surface area (Å²) in [6, 6.07) is 0. The molecular formula is C6H12ArN2O2. The quantitative estimate of drug-likeness (QED) is 0.555. The standard InChI is InChI=1S/C6H12N2O2.Ar/c9-6(10)8-4-1-2-7-3-5-8;/h7H,1-5H2,(H,9,10);. The van der Waals surface area contributed by atoms with Crippen molar-refractivity contribution in [3.05, 3.63) is 0 Å². The van der Waals surface area contributed by atoms with Gasteiger partial charge >= 0.3 is 6.09 Å². The molecule has 1 fully saturated rings. The average Bonchev–Trinajstić information content (AvgIpc) is 2.12.